The SMILES string of the molecule is CN1CCc2cc(C(=O)N3CC[C@H](NC(=O)c4ccc(Cl)s4)C3)ccc2C1. The van der Waals surface area contributed by atoms with E-state index in [4.69, 9.17) is 11.6 Å². The molecule has 142 valence electrons. The molecule has 2 amide bonds. The monoisotopic (exact) mass is 403 g/mol. The number of carbonyl (C=O) groups excluding carboxylic acids is 2. The summed E-state index contributed by atoms with van der Waals surface area (Å²) in [5.41, 5.74) is 3.33. The Labute approximate surface area is 167 Å². The van der Waals surface area contributed by atoms with E-state index >= 15 is 0 Å². The van der Waals surface area contributed by atoms with E-state index in [0.29, 0.717) is 22.3 Å². The first-order valence-electron chi connectivity index (χ1n) is 9.15. The first-order chi connectivity index (χ1) is 13.0. The summed E-state index contributed by atoms with van der Waals surface area (Å²) in [6.07, 6.45) is 1.75. The average Bonchev–Trinajstić information content (AvgIpc) is 3.30. The number of nitrogens with one attached hydrogen (secondary N) is 1. The van der Waals surface area contributed by atoms with Crippen molar-refractivity contribution < 1.29 is 9.59 Å². The molecule has 4 rings (SSSR count). The second-order valence-electron chi connectivity index (χ2n) is 7.29. The molecule has 27 heavy (non-hydrogen) atoms. The Bertz CT molecular complexity index is 882. The lowest BCUT2D eigenvalue weighted by molar-refractivity contribution is 0.0783. The number of amides is 2. The van der Waals surface area contributed by atoms with Crippen molar-refractivity contribution in [3.05, 3.63) is 56.2 Å². The van der Waals surface area contributed by atoms with Crippen LogP contribution in [0, 0.1) is 0 Å². The lowest BCUT2D eigenvalue weighted by Crippen LogP contribution is -2.38. The van der Waals surface area contributed by atoms with Gasteiger partial charge in [0, 0.05) is 37.8 Å². The van der Waals surface area contributed by atoms with E-state index in [2.05, 4.69) is 23.3 Å². The van der Waals surface area contributed by atoms with Crippen LogP contribution in [-0.4, -0.2) is 54.3 Å². The summed E-state index contributed by atoms with van der Waals surface area (Å²) < 4.78 is 0.599. The van der Waals surface area contributed by atoms with Gasteiger partial charge in [0.1, 0.15) is 0 Å². The van der Waals surface area contributed by atoms with Crippen LogP contribution in [0.5, 0.6) is 0 Å². The van der Waals surface area contributed by atoms with Crippen LogP contribution >= 0.6 is 22.9 Å². The zero-order valence-electron chi connectivity index (χ0n) is 15.2. The highest BCUT2D eigenvalue weighted by molar-refractivity contribution is 7.18. The lowest BCUT2D eigenvalue weighted by atomic mass is 9.97. The number of likely N-dealkylation sites (N-methyl/N-ethyl adjacent to an activating group) is 1. The van der Waals surface area contributed by atoms with Gasteiger partial charge in [-0.05, 0) is 55.3 Å². The maximum Gasteiger partial charge on any atom is 0.261 e. The van der Waals surface area contributed by atoms with Gasteiger partial charge in [0.25, 0.3) is 11.8 Å². The van der Waals surface area contributed by atoms with Gasteiger partial charge < -0.3 is 15.1 Å². The van der Waals surface area contributed by atoms with E-state index in [0.717, 1.165) is 31.5 Å². The van der Waals surface area contributed by atoms with Crippen LogP contribution in [0.15, 0.2) is 30.3 Å². The minimum absolute atomic E-state index is 0.0198. The molecular weight excluding hydrogens is 382 g/mol. The molecule has 0 radical (unpaired) electrons. The van der Waals surface area contributed by atoms with Crippen LogP contribution in [0.1, 0.15) is 37.6 Å². The van der Waals surface area contributed by atoms with E-state index in [1.165, 1.54) is 22.5 Å². The van der Waals surface area contributed by atoms with E-state index in [-0.39, 0.29) is 17.9 Å². The average molecular weight is 404 g/mol. The van der Waals surface area contributed by atoms with Crippen LogP contribution in [0.3, 0.4) is 0 Å². The summed E-state index contributed by atoms with van der Waals surface area (Å²) in [7, 11) is 2.12. The minimum atomic E-state index is -0.121. The summed E-state index contributed by atoms with van der Waals surface area (Å²) in [6.45, 7) is 3.17. The van der Waals surface area contributed by atoms with Gasteiger partial charge in [-0.15, -0.1) is 11.3 Å². The Balaban J connectivity index is 1.38. The Morgan fingerprint density at radius 2 is 2.04 bits per heavy atom. The number of carbonyl (C=O) groups is 2. The smallest absolute Gasteiger partial charge is 0.261 e. The molecule has 3 heterocycles. The fraction of sp³-hybridized carbons (Fsp3) is 0.400. The first kappa shape index (κ1) is 18.5. The summed E-state index contributed by atoms with van der Waals surface area (Å²) in [6, 6.07) is 9.48. The number of rotatable bonds is 3. The summed E-state index contributed by atoms with van der Waals surface area (Å²) in [4.78, 5) is 29.9. The van der Waals surface area contributed by atoms with E-state index in [9.17, 15) is 9.59 Å². The molecule has 0 saturated carbocycles. The molecule has 2 aliphatic heterocycles. The predicted molar refractivity (Wildman–Crippen MR) is 108 cm³/mol. The molecule has 1 aromatic heterocycles. The molecule has 5 nitrogen and oxygen atoms in total. The number of nitrogens with zero attached hydrogens (tertiary/aromatic N) is 2. The van der Waals surface area contributed by atoms with E-state index in [1.54, 1.807) is 12.1 Å². The zero-order valence-corrected chi connectivity index (χ0v) is 16.8. The molecule has 2 aliphatic rings. The molecule has 1 saturated heterocycles. The quantitative estimate of drug-likeness (QED) is 0.857. The van der Waals surface area contributed by atoms with Gasteiger partial charge in [0.15, 0.2) is 0 Å². The third kappa shape index (κ3) is 4.03. The molecule has 0 bridgehead atoms. The van der Waals surface area contributed by atoms with Crippen molar-refractivity contribution in [2.75, 3.05) is 26.7 Å². The summed E-state index contributed by atoms with van der Waals surface area (Å²) in [5, 5.41) is 3.01. The largest absolute Gasteiger partial charge is 0.347 e. The van der Waals surface area contributed by atoms with Crippen LogP contribution in [-0.2, 0) is 13.0 Å². The molecule has 1 fully saturated rings. The standard InChI is InChI=1S/C20H22ClN3O2S/c1-23-8-6-13-10-14(2-3-15(13)11-23)20(26)24-9-7-16(12-24)22-19(25)17-4-5-18(21)27-17/h2-5,10,16H,6-9,11-12H2,1H3,(H,22,25)/t16-/m0/s1. The van der Waals surface area contributed by atoms with Crippen LogP contribution in [0.2, 0.25) is 4.34 Å². The molecule has 0 unspecified atom stereocenters. The second kappa shape index (κ2) is 7.62. The van der Waals surface area contributed by atoms with Gasteiger partial charge in [0.05, 0.1) is 9.21 Å². The molecule has 2 aromatic rings. The number of thiophene rings is 1. The molecule has 1 aromatic carbocycles. The van der Waals surface area contributed by atoms with Gasteiger partial charge in [-0.1, -0.05) is 17.7 Å². The van der Waals surface area contributed by atoms with Gasteiger partial charge in [0.2, 0.25) is 0 Å². The molecule has 0 aliphatic carbocycles. The van der Waals surface area contributed by atoms with E-state index in [1.807, 2.05) is 17.0 Å². The van der Waals surface area contributed by atoms with Crippen LogP contribution < -0.4 is 5.32 Å². The van der Waals surface area contributed by atoms with Gasteiger partial charge in [-0.3, -0.25) is 9.59 Å². The van der Waals surface area contributed by atoms with Crippen molar-refractivity contribution in [1.82, 2.24) is 15.1 Å². The molecule has 1 atom stereocenters. The Morgan fingerprint density at radius 3 is 2.81 bits per heavy atom. The number of hydrogen-bond acceptors (Lipinski definition) is 4. The van der Waals surface area contributed by atoms with Crippen molar-refractivity contribution in [3.8, 4) is 0 Å². The Hall–Kier alpha value is -1.89. The van der Waals surface area contributed by atoms with Crippen molar-refractivity contribution in [2.45, 2.75) is 25.4 Å². The van der Waals surface area contributed by atoms with Crippen molar-refractivity contribution >= 4 is 34.8 Å². The fourth-order valence-electron chi connectivity index (χ4n) is 3.77. The van der Waals surface area contributed by atoms with E-state index < -0.39 is 0 Å². The van der Waals surface area contributed by atoms with Gasteiger partial charge in [-0.2, -0.15) is 0 Å². The zero-order chi connectivity index (χ0) is 19.0. The fourth-order valence-corrected chi connectivity index (χ4v) is 4.71. The molecule has 0 spiro atoms. The highest BCUT2D eigenvalue weighted by Gasteiger charge is 2.29. The minimum Gasteiger partial charge on any atom is -0.347 e. The Kier molecular flexibility index (Phi) is 5.21. The molecular formula is C20H22ClN3O2S. The number of halogens is 1. The third-order valence-electron chi connectivity index (χ3n) is 5.26. The summed E-state index contributed by atoms with van der Waals surface area (Å²) >= 11 is 7.16. The van der Waals surface area contributed by atoms with Crippen molar-refractivity contribution in [3.63, 3.8) is 0 Å². The van der Waals surface area contributed by atoms with Gasteiger partial charge in [-0.25, -0.2) is 0 Å². The van der Waals surface area contributed by atoms with Crippen LogP contribution in [0.4, 0.5) is 0 Å². The predicted octanol–water partition coefficient (Wildman–Crippen LogP) is 3.03. The Morgan fingerprint density at radius 1 is 1.19 bits per heavy atom. The maximum atomic E-state index is 12.9. The van der Waals surface area contributed by atoms with Crippen molar-refractivity contribution in [1.29, 1.82) is 0 Å². The highest BCUT2D eigenvalue weighted by Crippen LogP contribution is 2.23. The molecule has 7 heteroatoms. The number of likely N-dealkylation sites (tertiary alicyclic amines) is 1. The number of benzene rings is 1. The number of hydrogen-bond donors (Lipinski definition) is 1. The lowest BCUT2D eigenvalue weighted by Gasteiger charge is -2.25. The van der Waals surface area contributed by atoms with Crippen molar-refractivity contribution in [2.24, 2.45) is 0 Å². The highest BCUT2D eigenvalue weighted by atomic mass is 35.5. The maximum absolute atomic E-state index is 12.9. The third-order valence-corrected chi connectivity index (χ3v) is 6.49. The topological polar surface area (TPSA) is 52.7 Å². The first-order valence-corrected chi connectivity index (χ1v) is 10.3. The molecule has 1 N–H and O–H groups in total. The van der Waals surface area contributed by atoms with Crippen LogP contribution in [0.25, 0.3) is 0 Å². The second-order valence-corrected chi connectivity index (χ2v) is 9.00. The number of fused-ring (bicyclic) bond motifs is 1. The normalized spacial score (nSPS) is 19.8. The van der Waals surface area contributed by atoms with Gasteiger partial charge >= 0.3 is 0 Å². The summed E-state index contributed by atoms with van der Waals surface area (Å²) in [5.74, 6) is -0.0725.